The second-order valence-electron chi connectivity index (χ2n) is 1.40. The molecular formula is C3H8O4S2. The molecule has 0 aromatic heterocycles. The molecule has 0 radical (unpaired) electrons. The van der Waals surface area contributed by atoms with Crippen LogP contribution in [-0.2, 0) is 15.5 Å². The van der Waals surface area contributed by atoms with Gasteiger partial charge in [-0.3, -0.25) is 4.55 Å². The molecule has 2 atom stereocenters. The maximum absolute atomic E-state index is 9.85. The highest BCUT2D eigenvalue weighted by molar-refractivity contribution is 7.82. The molecule has 0 amide bonds. The molecule has 0 saturated heterocycles. The molecular weight excluding hydrogens is 164 g/mol. The normalized spacial score (nSPS) is 20.9. The van der Waals surface area contributed by atoms with Crippen LogP contribution in [0.5, 0.6) is 0 Å². The predicted molar refractivity (Wildman–Crippen MR) is 36.1 cm³/mol. The molecule has 0 aromatic rings. The first-order valence-electron chi connectivity index (χ1n) is 2.23. The largest absolute Gasteiger partial charge is 0.356 e. The molecule has 56 valence electrons. The first kappa shape index (κ1) is 9.38. The minimum atomic E-state index is -2.46. The van der Waals surface area contributed by atoms with Gasteiger partial charge >= 0.3 is 11.4 Å². The van der Waals surface area contributed by atoms with Crippen LogP contribution in [0.15, 0.2) is 0 Å². The Hall–Kier alpha value is 0.380. The van der Waals surface area contributed by atoms with Gasteiger partial charge in [0, 0.05) is 6.42 Å². The summed E-state index contributed by atoms with van der Waals surface area (Å²) in [4.78, 5) is 0. The Morgan fingerprint density at radius 2 is 2.33 bits per heavy atom. The van der Waals surface area contributed by atoms with Crippen molar-refractivity contribution < 1.29 is 18.1 Å². The van der Waals surface area contributed by atoms with Crippen LogP contribution in [0.25, 0.3) is 0 Å². The molecule has 0 fully saturated rings. The zero-order valence-corrected chi connectivity index (χ0v) is 6.48. The molecule has 0 aliphatic rings. The van der Waals surface area contributed by atoms with Crippen molar-refractivity contribution in [2.24, 2.45) is 0 Å². The summed E-state index contributed by atoms with van der Waals surface area (Å²) in [6.45, 7) is 1.57. The number of rotatable bonds is 3. The lowest BCUT2D eigenvalue weighted by atomic mass is 10.5. The van der Waals surface area contributed by atoms with Gasteiger partial charge in [-0.1, -0.05) is 6.92 Å². The Bertz CT molecular complexity index is 112. The fraction of sp³-hybridized carbons (Fsp3) is 1.00. The van der Waals surface area contributed by atoms with Crippen LogP contribution >= 0.6 is 12.6 Å². The summed E-state index contributed by atoms with van der Waals surface area (Å²) in [5.74, 6) is 0. The van der Waals surface area contributed by atoms with Crippen molar-refractivity contribution >= 4 is 24.0 Å². The smallest absolute Gasteiger partial charge is 0.305 e. The van der Waals surface area contributed by atoms with E-state index in [9.17, 15) is 4.21 Å². The van der Waals surface area contributed by atoms with E-state index >= 15 is 0 Å². The maximum Gasteiger partial charge on any atom is 0.305 e. The molecule has 2 unspecified atom stereocenters. The average Bonchev–Trinajstić information content (AvgIpc) is 1.63. The fourth-order valence-electron chi connectivity index (χ4n) is 0.173. The molecule has 0 aliphatic heterocycles. The summed E-state index contributed by atoms with van der Waals surface area (Å²) in [5.41, 5.74) is 0. The van der Waals surface area contributed by atoms with E-state index in [0.717, 1.165) is 0 Å². The SMILES string of the molecule is CCC(O)(S)OS(=O)O. The Balaban J connectivity index is 3.71. The monoisotopic (exact) mass is 172 g/mol. The molecule has 0 bridgehead atoms. The Kier molecular flexibility index (Phi) is 3.67. The molecule has 0 aromatic carbocycles. The highest BCUT2D eigenvalue weighted by Crippen LogP contribution is 2.16. The van der Waals surface area contributed by atoms with E-state index in [1.807, 2.05) is 0 Å². The van der Waals surface area contributed by atoms with E-state index in [-0.39, 0.29) is 6.42 Å². The van der Waals surface area contributed by atoms with Gasteiger partial charge in [-0.2, -0.15) is 4.21 Å². The Morgan fingerprint density at radius 3 is 2.44 bits per heavy atom. The van der Waals surface area contributed by atoms with Crippen molar-refractivity contribution in [1.29, 1.82) is 0 Å². The minimum absolute atomic E-state index is 0.141. The molecule has 6 heteroatoms. The number of hydrogen-bond donors (Lipinski definition) is 3. The van der Waals surface area contributed by atoms with Crippen molar-refractivity contribution in [2.45, 2.75) is 18.5 Å². The van der Waals surface area contributed by atoms with Gasteiger partial charge in [0.2, 0.25) is 5.12 Å². The van der Waals surface area contributed by atoms with Crippen LogP contribution in [0, 0.1) is 0 Å². The van der Waals surface area contributed by atoms with Crippen molar-refractivity contribution in [3.8, 4) is 0 Å². The van der Waals surface area contributed by atoms with Gasteiger partial charge in [-0.15, -0.1) is 12.6 Å². The van der Waals surface area contributed by atoms with Crippen molar-refractivity contribution in [2.75, 3.05) is 0 Å². The third kappa shape index (κ3) is 4.86. The second-order valence-corrected chi connectivity index (χ2v) is 2.70. The molecule has 4 nitrogen and oxygen atoms in total. The molecule has 0 saturated carbocycles. The van der Waals surface area contributed by atoms with Crippen LogP contribution in [0.4, 0.5) is 0 Å². The van der Waals surface area contributed by atoms with E-state index in [1.165, 1.54) is 0 Å². The first-order valence-corrected chi connectivity index (χ1v) is 3.71. The highest BCUT2D eigenvalue weighted by atomic mass is 32.2. The summed E-state index contributed by atoms with van der Waals surface area (Å²) in [6.07, 6.45) is 0.141. The lowest BCUT2D eigenvalue weighted by molar-refractivity contribution is -0.0486. The number of thiol groups is 1. The highest BCUT2D eigenvalue weighted by Gasteiger charge is 2.22. The summed E-state index contributed by atoms with van der Waals surface area (Å²) in [7, 11) is 0. The average molecular weight is 172 g/mol. The van der Waals surface area contributed by atoms with Gasteiger partial charge in [-0.25, -0.2) is 4.18 Å². The summed E-state index contributed by atoms with van der Waals surface area (Å²) < 4.78 is 21.9. The van der Waals surface area contributed by atoms with E-state index in [0.29, 0.717) is 0 Å². The molecule has 0 rings (SSSR count). The van der Waals surface area contributed by atoms with Crippen LogP contribution in [0.3, 0.4) is 0 Å². The predicted octanol–water partition coefficient (Wildman–Crippen LogP) is 0.126. The van der Waals surface area contributed by atoms with Gasteiger partial charge in [0.1, 0.15) is 0 Å². The third-order valence-electron chi connectivity index (χ3n) is 0.665. The van der Waals surface area contributed by atoms with E-state index in [4.69, 9.17) is 9.66 Å². The van der Waals surface area contributed by atoms with Gasteiger partial charge in [0.15, 0.2) is 0 Å². The Labute approximate surface area is 61.1 Å². The van der Waals surface area contributed by atoms with Crippen molar-refractivity contribution in [3.63, 3.8) is 0 Å². The van der Waals surface area contributed by atoms with Gasteiger partial charge in [-0.05, 0) is 0 Å². The standard InChI is InChI=1S/C3H8O4S2/c1-2-3(4,8)7-9(5)6/h4,8H,2H2,1H3,(H,5,6). The van der Waals surface area contributed by atoms with Crippen LogP contribution in [0.2, 0.25) is 0 Å². The second kappa shape index (κ2) is 3.52. The maximum atomic E-state index is 9.85. The van der Waals surface area contributed by atoms with Crippen molar-refractivity contribution in [1.82, 2.24) is 0 Å². The van der Waals surface area contributed by atoms with E-state index in [2.05, 4.69) is 16.8 Å². The quantitative estimate of drug-likeness (QED) is 0.321. The van der Waals surface area contributed by atoms with E-state index in [1.54, 1.807) is 6.92 Å². The zero-order valence-electron chi connectivity index (χ0n) is 4.77. The molecule has 0 spiro atoms. The van der Waals surface area contributed by atoms with Crippen LogP contribution in [0.1, 0.15) is 13.3 Å². The minimum Gasteiger partial charge on any atom is -0.356 e. The number of aliphatic hydroxyl groups is 1. The van der Waals surface area contributed by atoms with Crippen molar-refractivity contribution in [3.05, 3.63) is 0 Å². The topological polar surface area (TPSA) is 66.8 Å². The summed E-state index contributed by atoms with van der Waals surface area (Å²) in [6, 6.07) is 0. The van der Waals surface area contributed by atoms with Gasteiger partial charge in [0.05, 0.1) is 0 Å². The molecule has 2 N–H and O–H groups in total. The van der Waals surface area contributed by atoms with E-state index < -0.39 is 16.5 Å². The first-order chi connectivity index (χ1) is 3.98. The van der Waals surface area contributed by atoms with Crippen LogP contribution < -0.4 is 0 Å². The number of hydrogen-bond acceptors (Lipinski definition) is 4. The molecule has 0 aliphatic carbocycles. The molecule has 0 heterocycles. The van der Waals surface area contributed by atoms with Crippen LogP contribution in [-0.4, -0.2) is 19.0 Å². The fourth-order valence-corrected chi connectivity index (χ4v) is 0.711. The summed E-state index contributed by atoms with van der Waals surface area (Å²) in [5, 5.41) is 6.99. The lowest BCUT2D eigenvalue weighted by Crippen LogP contribution is -2.24. The Morgan fingerprint density at radius 1 is 1.89 bits per heavy atom. The third-order valence-corrected chi connectivity index (χ3v) is 1.61. The lowest BCUT2D eigenvalue weighted by Gasteiger charge is -2.16. The summed E-state index contributed by atoms with van der Waals surface area (Å²) >= 11 is 1.05. The molecule has 9 heavy (non-hydrogen) atoms. The van der Waals surface area contributed by atoms with Gasteiger partial charge < -0.3 is 5.11 Å². The zero-order chi connectivity index (χ0) is 7.49. The van der Waals surface area contributed by atoms with Gasteiger partial charge in [0.25, 0.3) is 0 Å².